The number of hydrogen-bond acceptors (Lipinski definition) is 3. The minimum atomic E-state index is -0.462. The van der Waals surface area contributed by atoms with E-state index in [2.05, 4.69) is 5.10 Å². The molecule has 0 fully saturated rings. The zero-order valence-electron chi connectivity index (χ0n) is 16.9. The van der Waals surface area contributed by atoms with E-state index in [4.69, 9.17) is 16.3 Å². The number of para-hydroxylation sites is 1. The van der Waals surface area contributed by atoms with Gasteiger partial charge in [-0.3, -0.25) is 9.48 Å². The molecule has 0 saturated carbocycles. The van der Waals surface area contributed by atoms with Crippen LogP contribution in [0.1, 0.15) is 28.1 Å². The number of amides is 1. The number of rotatable bonds is 5. The molecule has 0 bridgehead atoms. The summed E-state index contributed by atoms with van der Waals surface area (Å²) in [6.07, 6.45) is 0.152. The van der Waals surface area contributed by atoms with Gasteiger partial charge in [0.25, 0.3) is 5.91 Å². The fourth-order valence-corrected chi connectivity index (χ4v) is 3.98. The number of aryl methyl sites for hydroxylation is 1. The van der Waals surface area contributed by atoms with Crippen LogP contribution in [0.4, 0.5) is 0 Å². The third kappa shape index (κ3) is 3.87. The third-order valence-electron chi connectivity index (χ3n) is 5.50. The Morgan fingerprint density at radius 2 is 1.93 bits per heavy atom. The maximum Gasteiger partial charge on any atom is 0.264 e. The molecule has 1 aliphatic rings. The number of ether oxygens (including phenoxy) is 1. The van der Waals surface area contributed by atoms with E-state index >= 15 is 0 Å². The lowest BCUT2D eigenvalue weighted by Gasteiger charge is -2.21. The van der Waals surface area contributed by atoms with E-state index in [1.165, 1.54) is 0 Å². The number of carbonyl (C=O) groups excluding carboxylic acids is 1. The fourth-order valence-electron chi connectivity index (χ4n) is 3.79. The molecule has 0 aliphatic carbocycles. The van der Waals surface area contributed by atoms with Crippen LogP contribution in [-0.2, 0) is 24.3 Å². The molecule has 1 atom stereocenters. The summed E-state index contributed by atoms with van der Waals surface area (Å²) in [6.45, 7) is 5.11. The molecule has 0 saturated heterocycles. The summed E-state index contributed by atoms with van der Waals surface area (Å²) in [7, 11) is 1.82. The highest BCUT2D eigenvalue weighted by Gasteiger charge is 2.31. The standard InChI is InChI=1S/C23H24ClN3O2/c1-15-19(16(2)27(25-15)13-18-9-4-6-10-20(18)24)14-26(3)23(28)22-12-17-8-5-7-11-21(17)29-22/h4-11,22H,12-14H2,1-3H3. The van der Waals surface area contributed by atoms with Gasteiger partial charge in [-0.2, -0.15) is 5.10 Å². The van der Waals surface area contributed by atoms with Gasteiger partial charge in [-0.1, -0.05) is 48.0 Å². The molecule has 2 aromatic carbocycles. The predicted molar refractivity (Wildman–Crippen MR) is 113 cm³/mol. The summed E-state index contributed by atoms with van der Waals surface area (Å²) < 4.78 is 7.81. The minimum absolute atomic E-state index is 0.0150. The average molecular weight is 410 g/mol. The van der Waals surface area contributed by atoms with E-state index in [0.29, 0.717) is 19.5 Å². The number of fused-ring (bicyclic) bond motifs is 1. The van der Waals surface area contributed by atoms with Crippen molar-refractivity contribution in [1.82, 2.24) is 14.7 Å². The molecule has 0 radical (unpaired) electrons. The number of carbonyl (C=O) groups is 1. The Kier molecular flexibility index (Phi) is 5.33. The predicted octanol–water partition coefficient (Wildman–Crippen LogP) is 4.16. The number of halogens is 1. The molecule has 1 aliphatic heterocycles. The molecule has 29 heavy (non-hydrogen) atoms. The zero-order valence-corrected chi connectivity index (χ0v) is 17.6. The van der Waals surface area contributed by atoms with E-state index in [9.17, 15) is 4.79 Å². The fraction of sp³-hybridized carbons (Fsp3) is 0.304. The summed E-state index contributed by atoms with van der Waals surface area (Å²) in [5.74, 6) is 0.790. The van der Waals surface area contributed by atoms with Crippen molar-refractivity contribution < 1.29 is 9.53 Å². The highest BCUT2D eigenvalue weighted by molar-refractivity contribution is 6.31. The van der Waals surface area contributed by atoms with Crippen LogP contribution in [0.15, 0.2) is 48.5 Å². The van der Waals surface area contributed by atoms with Crippen molar-refractivity contribution in [1.29, 1.82) is 0 Å². The minimum Gasteiger partial charge on any atom is -0.480 e. The molecule has 2 heterocycles. The lowest BCUT2D eigenvalue weighted by Crippen LogP contribution is -2.38. The second kappa shape index (κ2) is 7.91. The molecule has 5 nitrogen and oxygen atoms in total. The van der Waals surface area contributed by atoms with Gasteiger partial charge in [0, 0.05) is 36.3 Å². The smallest absolute Gasteiger partial charge is 0.264 e. The molecule has 1 unspecified atom stereocenters. The van der Waals surface area contributed by atoms with E-state index in [-0.39, 0.29) is 5.91 Å². The molecule has 4 rings (SSSR count). The van der Waals surface area contributed by atoms with E-state index in [1.807, 2.05) is 74.1 Å². The Labute approximate surface area is 175 Å². The lowest BCUT2D eigenvalue weighted by atomic mass is 10.1. The van der Waals surface area contributed by atoms with Gasteiger partial charge in [0.05, 0.1) is 12.2 Å². The van der Waals surface area contributed by atoms with Crippen molar-refractivity contribution >= 4 is 17.5 Å². The lowest BCUT2D eigenvalue weighted by molar-refractivity contribution is -0.137. The van der Waals surface area contributed by atoms with Crippen LogP contribution < -0.4 is 4.74 Å². The van der Waals surface area contributed by atoms with Gasteiger partial charge in [-0.15, -0.1) is 0 Å². The van der Waals surface area contributed by atoms with Crippen LogP contribution in [-0.4, -0.2) is 33.7 Å². The Morgan fingerprint density at radius 1 is 1.21 bits per heavy atom. The molecular weight excluding hydrogens is 386 g/mol. The van der Waals surface area contributed by atoms with E-state index in [0.717, 1.165) is 38.9 Å². The first-order chi connectivity index (χ1) is 13.9. The number of aromatic nitrogens is 2. The second-order valence-corrected chi connectivity index (χ2v) is 7.92. The first-order valence-corrected chi connectivity index (χ1v) is 10.1. The topological polar surface area (TPSA) is 47.4 Å². The van der Waals surface area contributed by atoms with Crippen LogP contribution >= 0.6 is 11.6 Å². The molecule has 6 heteroatoms. The largest absolute Gasteiger partial charge is 0.480 e. The van der Waals surface area contributed by atoms with Crippen LogP contribution in [0, 0.1) is 13.8 Å². The van der Waals surface area contributed by atoms with Crippen molar-refractivity contribution in [2.75, 3.05) is 7.05 Å². The summed E-state index contributed by atoms with van der Waals surface area (Å²) in [6, 6.07) is 15.6. The molecule has 1 aromatic heterocycles. The van der Waals surface area contributed by atoms with Crippen molar-refractivity contribution in [3.05, 3.63) is 81.6 Å². The van der Waals surface area contributed by atoms with Crippen molar-refractivity contribution in [2.45, 2.75) is 39.5 Å². The molecule has 150 valence electrons. The van der Waals surface area contributed by atoms with Crippen molar-refractivity contribution in [3.8, 4) is 5.75 Å². The SMILES string of the molecule is Cc1nn(Cc2ccccc2Cl)c(C)c1CN(C)C(=O)C1Cc2ccccc2O1. The normalized spacial score (nSPS) is 15.1. The molecule has 0 N–H and O–H groups in total. The van der Waals surface area contributed by atoms with Gasteiger partial charge in [0.2, 0.25) is 0 Å². The average Bonchev–Trinajstić information content (AvgIpc) is 3.25. The number of benzene rings is 2. The molecule has 3 aromatic rings. The number of hydrogen-bond donors (Lipinski definition) is 0. The number of likely N-dealkylation sites (N-methyl/N-ethyl adjacent to an activating group) is 1. The zero-order chi connectivity index (χ0) is 20.5. The summed E-state index contributed by atoms with van der Waals surface area (Å²) in [5, 5.41) is 5.41. The quantitative estimate of drug-likeness (QED) is 0.635. The van der Waals surface area contributed by atoms with Crippen LogP contribution in [0.25, 0.3) is 0 Å². The van der Waals surface area contributed by atoms with E-state index < -0.39 is 6.10 Å². The molecular formula is C23H24ClN3O2. The van der Waals surface area contributed by atoms with Gasteiger partial charge in [0.1, 0.15) is 5.75 Å². The van der Waals surface area contributed by atoms with Crippen LogP contribution in [0.5, 0.6) is 5.75 Å². The van der Waals surface area contributed by atoms with Crippen LogP contribution in [0.3, 0.4) is 0 Å². The van der Waals surface area contributed by atoms with Gasteiger partial charge in [0.15, 0.2) is 6.10 Å². The maximum absolute atomic E-state index is 12.9. The Hall–Kier alpha value is -2.79. The third-order valence-corrected chi connectivity index (χ3v) is 5.87. The number of nitrogens with zero attached hydrogens (tertiary/aromatic N) is 3. The summed E-state index contributed by atoms with van der Waals surface area (Å²) >= 11 is 6.30. The Morgan fingerprint density at radius 3 is 2.69 bits per heavy atom. The summed E-state index contributed by atoms with van der Waals surface area (Å²) in [5.41, 5.74) is 5.12. The van der Waals surface area contributed by atoms with Crippen molar-refractivity contribution in [3.63, 3.8) is 0 Å². The van der Waals surface area contributed by atoms with Gasteiger partial charge >= 0.3 is 0 Å². The summed E-state index contributed by atoms with van der Waals surface area (Å²) in [4.78, 5) is 14.7. The van der Waals surface area contributed by atoms with Gasteiger partial charge in [-0.05, 0) is 37.1 Å². The Bertz CT molecular complexity index is 1040. The first-order valence-electron chi connectivity index (χ1n) is 9.70. The molecule has 0 spiro atoms. The highest BCUT2D eigenvalue weighted by atomic mass is 35.5. The first kappa shape index (κ1) is 19.5. The van der Waals surface area contributed by atoms with Gasteiger partial charge in [-0.25, -0.2) is 0 Å². The maximum atomic E-state index is 12.9. The Balaban J connectivity index is 1.47. The van der Waals surface area contributed by atoms with Gasteiger partial charge < -0.3 is 9.64 Å². The van der Waals surface area contributed by atoms with Crippen LogP contribution in [0.2, 0.25) is 5.02 Å². The monoisotopic (exact) mass is 409 g/mol. The second-order valence-electron chi connectivity index (χ2n) is 7.51. The highest BCUT2D eigenvalue weighted by Crippen LogP contribution is 2.29. The van der Waals surface area contributed by atoms with E-state index in [1.54, 1.807) is 4.90 Å². The molecule has 1 amide bonds. The van der Waals surface area contributed by atoms with Crippen molar-refractivity contribution in [2.24, 2.45) is 0 Å².